The second-order valence-corrected chi connectivity index (χ2v) is 4.82. The van der Waals surface area contributed by atoms with E-state index in [0.717, 1.165) is 32.5 Å². The Bertz CT molecular complexity index is 215. The molecule has 0 bridgehead atoms. The Hall–Kier alpha value is -0.340. The van der Waals surface area contributed by atoms with Crippen LogP contribution in [-0.2, 0) is 0 Å². The van der Waals surface area contributed by atoms with E-state index in [4.69, 9.17) is 0 Å². The van der Waals surface area contributed by atoms with Crippen LogP contribution in [0.1, 0.15) is 54.4 Å². The first kappa shape index (κ1) is 16.7. The van der Waals surface area contributed by atoms with Crippen molar-refractivity contribution in [2.45, 2.75) is 66.0 Å². The molecule has 0 spiro atoms. The van der Waals surface area contributed by atoms with E-state index in [-0.39, 0.29) is 5.54 Å². The summed E-state index contributed by atoms with van der Waals surface area (Å²) in [4.78, 5) is 2.59. The molecule has 2 heteroatoms. The Morgan fingerprint density at radius 2 is 1.59 bits per heavy atom. The molecule has 0 amide bonds. The lowest BCUT2D eigenvalue weighted by atomic mass is 9.79. The topological polar surface area (TPSA) is 15.3 Å². The lowest BCUT2D eigenvalue weighted by Gasteiger charge is -2.48. The summed E-state index contributed by atoms with van der Waals surface area (Å²) >= 11 is 0. The quantitative estimate of drug-likeness (QED) is 0.621. The van der Waals surface area contributed by atoms with Crippen molar-refractivity contribution in [3.8, 4) is 0 Å². The van der Waals surface area contributed by atoms with E-state index in [9.17, 15) is 0 Å². The van der Waals surface area contributed by atoms with Crippen LogP contribution >= 0.6 is 0 Å². The fraction of sp³-hybridized carbons (Fsp3) is 0.867. The van der Waals surface area contributed by atoms with Crippen molar-refractivity contribution in [3.63, 3.8) is 0 Å². The standard InChI is InChI=1S/C15H32N2/c1-8-15(9-2,17(11-4)12-5)14(13(6)7)16-10-3/h14,16H,6,8-12H2,1-5,7H3. The van der Waals surface area contributed by atoms with Crippen LogP contribution in [0.15, 0.2) is 12.2 Å². The van der Waals surface area contributed by atoms with Gasteiger partial charge in [0.1, 0.15) is 0 Å². The van der Waals surface area contributed by atoms with Gasteiger partial charge in [-0.2, -0.15) is 0 Å². The fourth-order valence-corrected chi connectivity index (χ4v) is 3.17. The molecule has 1 atom stereocenters. The second-order valence-electron chi connectivity index (χ2n) is 4.82. The zero-order chi connectivity index (χ0) is 13.5. The van der Waals surface area contributed by atoms with Crippen molar-refractivity contribution in [2.75, 3.05) is 19.6 Å². The van der Waals surface area contributed by atoms with Crippen LogP contribution in [0.3, 0.4) is 0 Å². The summed E-state index contributed by atoms with van der Waals surface area (Å²) in [7, 11) is 0. The summed E-state index contributed by atoms with van der Waals surface area (Å²) in [5.74, 6) is 0. The molecule has 1 N–H and O–H groups in total. The van der Waals surface area contributed by atoms with Crippen molar-refractivity contribution in [1.82, 2.24) is 10.2 Å². The third-order valence-corrected chi connectivity index (χ3v) is 4.06. The molecule has 0 aromatic heterocycles. The molecule has 0 radical (unpaired) electrons. The van der Waals surface area contributed by atoms with E-state index in [1.54, 1.807) is 0 Å². The van der Waals surface area contributed by atoms with Gasteiger partial charge < -0.3 is 5.32 Å². The number of nitrogens with one attached hydrogen (secondary N) is 1. The summed E-state index contributed by atoms with van der Waals surface area (Å²) < 4.78 is 0. The Labute approximate surface area is 108 Å². The maximum absolute atomic E-state index is 4.20. The minimum Gasteiger partial charge on any atom is -0.309 e. The van der Waals surface area contributed by atoms with Gasteiger partial charge in [0.05, 0.1) is 0 Å². The fourth-order valence-electron chi connectivity index (χ4n) is 3.17. The molecule has 1 unspecified atom stereocenters. The largest absolute Gasteiger partial charge is 0.309 e. The van der Waals surface area contributed by atoms with Crippen molar-refractivity contribution in [2.24, 2.45) is 0 Å². The molecule has 0 aliphatic carbocycles. The molecule has 0 rings (SSSR count). The number of rotatable bonds is 9. The van der Waals surface area contributed by atoms with E-state index >= 15 is 0 Å². The minimum absolute atomic E-state index is 0.214. The highest BCUT2D eigenvalue weighted by Gasteiger charge is 2.39. The van der Waals surface area contributed by atoms with Crippen LogP contribution in [-0.4, -0.2) is 36.1 Å². The van der Waals surface area contributed by atoms with Gasteiger partial charge in [0, 0.05) is 11.6 Å². The van der Waals surface area contributed by atoms with E-state index in [1.165, 1.54) is 5.57 Å². The summed E-state index contributed by atoms with van der Waals surface area (Å²) in [6, 6.07) is 0.391. The van der Waals surface area contributed by atoms with E-state index in [1.807, 2.05) is 0 Å². The molecule has 0 fully saturated rings. The number of hydrogen-bond acceptors (Lipinski definition) is 2. The molecule has 0 heterocycles. The highest BCUT2D eigenvalue weighted by atomic mass is 15.2. The predicted octanol–water partition coefficient (Wildman–Crippen LogP) is 3.44. The first-order valence-corrected chi connectivity index (χ1v) is 7.17. The van der Waals surface area contributed by atoms with Gasteiger partial charge in [-0.3, -0.25) is 4.90 Å². The highest BCUT2D eigenvalue weighted by Crippen LogP contribution is 2.31. The monoisotopic (exact) mass is 240 g/mol. The van der Waals surface area contributed by atoms with Gasteiger partial charge in [0.15, 0.2) is 0 Å². The van der Waals surface area contributed by atoms with Crippen LogP contribution in [0.4, 0.5) is 0 Å². The Kier molecular flexibility index (Phi) is 7.73. The molecule has 0 saturated carbocycles. The van der Waals surface area contributed by atoms with Gasteiger partial charge in [-0.1, -0.05) is 46.8 Å². The van der Waals surface area contributed by atoms with Gasteiger partial charge >= 0.3 is 0 Å². The van der Waals surface area contributed by atoms with E-state index in [2.05, 4.69) is 58.3 Å². The molecular formula is C15H32N2. The van der Waals surface area contributed by atoms with Crippen LogP contribution in [0.2, 0.25) is 0 Å². The Morgan fingerprint density at radius 3 is 1.82 bits per heavy atom. The number of hydrogen-bond donors (Lipinski definition) is 1. The van der Waals surface area contributed by atoms with E-state index < -0.39 is 0 Å². The third-order valence-electron chi connectivity index (χ3n) is 4.06. The maximum Gasteiger partial charge on any atom is 0.0460 e. The molecule has 0 aromatic carbocycles. The molecule has 2 nitrogen and oxygen atoms in total. The van der Waals surface area contributed by atoms with Crippen molar-refractivity contribution in [1.29, 1.82) is 0 Å². The average Bonchev–Trinajstić information content (AvgIpc) is 2.33. The second kappa shape index (κ2) is 7.88. The summed E-state index contributed by atoms with van der Waals surface area (Å²) in [6.07, 6.45) is 2.32. The molecule has 0 aliphatic heterocycles. The lowest BCUT2D eigenvalue weighted by molar-refractivity contribution is 0.0619. The highest BCUT2D eigenvalue weighted by molar-refractivity contribution is 5.14. The predicted molar refractivity (Wildman–Crippen MR) is 78.5 cm³/mol. The van der Waals surface area contributed by atoms with Crippen LogP contribution in [0.5, 0.6) is 0 Å². The van der Waals surface area contributed by atoms with E-state index in [0.29, 0.717) is 6.04 Å². The zero-order valence-electron chi connectivity index (χ0n) is 12.8. The van der Waals surface area contributed by atoms with Crippen molar-refractivity contribution < 1.29 is 0 Å². The maximum atomic E-state index is 4.20. The number of likely N-dealkylation sites (N-methyl/N-ethyl adjacent to an activating group) is 2. The van der Waals surface area contributed by atoms with Crippen molar-refractivity contribution >= 4 is 0 Å². The minimum atomic E-state index is 0.214. The Balaban J connectivity index is 5.31. The normalized spacial score (nSPS) is 14.1. The smallest absolute Gasteiger partial charge is 0.0460 e. The van der Waals surface area contributed by atoms with Crippen LogP contribution < -0.4 is 5.32 Å². The molecule has 0 aromatic rings. The van der Waals surface area contributed by atoms with Gasteiger partial charge in [-0.25, -0.2) is 0 Å². The molecule has 0 saturated heterocycles. The van der Waals surface area contributed by atoms with Gasteiger partial charge in [0.25, 0.3) is 0 Å². The van der Waals surface area contributed by atoms with Gasteiger partial charge in [-0.05, 0) is 39.4 Å². The van der Waals surface area contributed by atoms with Crippen LogP contribution in [0.25, 0.3) is 0 Å². The number of nitrogens with zero attached hydrogens (tertiary/aromatic N) is 1. The SMILES string of the molecule is C=C(C)C(NCC)C(CC)(CC)N(CC)CC. The lowest BCUT2D eigenvalue weighted by Crippen LogP contribution is -2.61. The third kappa shape index (κ3) is 3.56. The van der Waals surface area contributed by atoms with Crippen LogP contribution in [0, 0.1) is 0 Å². The first-order valence-electron chi connectivity index (χ1n) is 7.17. The average molecular weight is 240 g/mol. The first-order chi connectivity index (χ1) is 8.03. The summed E-state index contributed by atoms with van der Waals surface area (Å²) in [5, 5.41) is 3.63. The zero-order valence-corrected chi connectivity index (χ0v) is 12.8. The summed E-state index contributed by atoms with van der Waals surface area (Å²) in [6.45, 7) is 20.8. The van der Waals surface area contributed by atoms with Gasteiger partial charge in [0.2, 0.25) is 0 Å². The molecule has 0 aliphatic rings. The molecular weight excluding hydrogens is 208 g/mol. The summed E-state index contributed by atoms with van der Waals surface area (Å²) in [5.41, 5.74) is 1.47. The van der Waals surface area contributed by atoms with Crippen molar-refractivity contribution in [3.05, 3.63) is 12.2 Å². The Morgan fingerprint density at radius 1 is 1.12 bits per heavy atom. The molecule has 102 valence electrons. The molecule has 17 heavy (non-hydrogen) atoms. The van der Waals surface area contributed by atoms with Gasteiger partial charge in [-0.15, -0.1) is 0 Å².